The molecular formula is B13I3. The molecule has 0 aromatic rings. The maximum absolute atomic E-state index is 6.00. The van der Waals surface area contributed by atoms with E-state index in [0.29, 0.717) is 0 Å². The molecule has 0 saturated heterocycles. The van der Waals surface area contributed by atoms with Crippen molar-refractivity contribution in [1.29, 1.82) is 0 Å². The number of hydrogen-bond donors (Lipinski definition) is 0. The van der Waals surface area contributed by atoms with Gasteiger partial charge < -0.3 is 0 Å². The van der Waals surface area contributed by atoms with Gasteiger partial charge in [0.2, 0.25) is 0 Å². The molecule has 0 spiro atoms. The second-order valence-corrected chi connectivity index (χ2v) is 28.5. The third kappa shape index (κ3) is 5.99. The average molecular weight is 521 g/mol. The molecule has 0 aromatic heterocycles. The SMILES string of the molecule is [B]B([B])B([B])B(B(B([B])[B])B([B])[B])I(I)I. The van der Waals surface area contributed by atoms with Crippen molar-refractivity contribution in [2.45, 2.75) is 0 Å². The van der Waals surface area contributed by atoms with E-state index in [9.17, 15) is 0 Å². The van der Waals surface area contributed by atoms with Gasteiger partial charge in [-0.05, 0) is 0 Å². The minimum atomic E-state index is -1.41. The molecule has 0 amide bonds. The summed E-state index contributed by atoms with van der Waals surface area (Å²) in [5.74, 6) is 0. The van der Waals surface area contributed by atoms with Crippen LogP contribution in [0.4, 0.5) is 0 Å². The molecule has 0 aliphatic rings. The van der Waals surface area contributed by atoms with Crippen LogP contribution in [0.2, 0.25) is 0 Å². The second kappa shape index (κ2) is 9.06. The van der Waals surface area contributed by atoms with E-state index in [-0.39, 0.29) is 17.1 Å². The van der Waals surface area contributed by atoms with Crippen LogP contribution in [0.15, 0.2) is 0 Å². The van der Waals surface area contributed by atoms with Gasteiger partial charge in [0.1, 0.15) is 0 Å². The van der Waals surface area contributed by atoms with Gasteiger partial charge in [-0.1, -0.05) is 0 Å². The van der Waals surface area contributed by atoms with E-state index in [2.05, 4.69) is 37.2 Å². The molecule has 0 aromatic carbocycles. The molecule has 0 saturated carbocycles. The fraction of sp³-hybridized carbons (Fsp3) is 0. The van der Waals surface area contributed by atoms with Crippen LogP contribution in [0, 0.1) is 0 Å². The first-order chi connectivity index (χ1) is 7.20. The first-order valence-corrected chi connectivity index (χ1v) is 18.3. The molecule has 60 valence electrons. The van der Waals surface area contributed by atoms with Crippen molar-refractivity contribution >= 4 is 139 Å². The summed E-state index contributed by atoms with van der Waals surface area (Å²) in [6, 6.07) is 0. The number of halogens is 3. The Balaban J connectivity index is 5.00. The third-order valence-electron chi connectivity index (χ3n) is 2.26. The van der Waals surface area contributed by atoms with Gasteiger partial charge in [-0.25, -0.2) is 0 Å². The van der Waals surface area contributed by atoms with Gasteiger partial charge in [-0.2, -0.15) is 0 Å². The van der Waals surface area contributed by atoms with Crippen LogP contribution in [0.3, 0.4) is 0 Å². The first-order valence-electron chi connectivity index (χ1n) is 4.50. The summed E-state index contributed by atoms with van der Waals surface area (Å²) in [4.78, 5) is 0. The molecule has 14 radical (unpaired) electrons. The predicted octanol–water partition coefficient (Wildman–Crippen LogP) is -2.29. The monoisotopic (exact) mass is 524 g/mol. The van der Waals surface area contributed by atoms with E-state index >= 15 is 0 Å². The van der Waals surface area contributed by atoms with Gasteiger partial charge in [-0.15, -0.1) is 0 Å². The van der Waals surface area contributed by atoms with Crippen molar-refractivity contribution in [1.82, 2.24) is 0 Å². The summed E-state index contributed by atoms with van der Waals surface area (Å²) in [5.41, 5.74) is 0. The summed E-state index contributed by atoms with van der Waals surface area (Å²) in [6.45, 7) is 0. The summed E-state index contributed by atoms with van der Waals surface area (Å²) in [7, 11) is 40.1. The van der Waals surface area contributed by atoms with E-state index in [1.165, 1.54) is 0 Å². The molecule has 0 atom stereocenters. The Morgan fingerprint density at radius 2 is 1.06 bits per heavy atom. The van der Waals surface area contributed by atoms with E-state index < -0.39 is 30.8 Å². The summed E-state index contributed by atoms with van der Waals surface area (Å²) in [5, 5.41) is 0. The molecule has 0 rings (SSSR count). The maximum atomic E-state index is 6.00. The molecule has 16 heavy (non-hydrogen) atoms. The van der Waals surface area contributed by atoms with E-state index in [1.807, 2.05) is 0 Å². The van der Waals surface area contributed by atoms with Crippen LogP contribution in [-0.2, 0) is 0 Å². The molecule has 0 unspecified atom stereocenters. The van der Waals surface area contributed by atoms with Crippen molar-refractivity contribution < 1.29 is 0 Å². The Morgan fingerprint density at radius 1 is 0.688 bits per heavy atom. The standard InChI is InChI=1S/B13I3/c1-8(2)11(7)13(16(14)15)12(9(3)4)10(5)6. The number of rotatable bonds is 6. The molecule has 0 heterocycles. The normalized spacial score (nSPS) is 10.2. The Hall–Kier alpha value is 3.03. The van der Waals surface area contributed by atoms with Crippen molar-refractivity contribution in [2.24, 2.45) is 0 Å². The van der Waals surface area contributed by atoms with Crippen LogP contribution in [0.25, 0.3) is 0 Å². The molecule has 0 N–H and O–H groups in total. The molecule has 16 heteroatoms. The van der Waals surface area contributed by atoms with Gasteiger partial charge in [0.25, 0.3) is 0 Å². The van der Waals surface area contributed by atoms with E-state index in [4.69, 9.17) is 54.2 Å². The molecule has 0 fully saturated rings. The summed E-state index contributed by atoms with van der Waals surface area (Å²) in [6.07, 6.45) is -2.48. The van der Waals surface area contributed by atoms with E-state index in [1.54, 1.807) is 0 Å². The van der Waals surface area contributed by atoms with Gasteiger partial charge in [0.05, 0.1) is 0 Å². The topological polar surface area (TPSA) is 0 Å². The Labute approximate surface area is 137 Å². The average Bonchev–Trinajstić information content (AvgIpc) is 2.10. The molecule has 0 bridgehead atoms. The van der Waals surface area contributed by atoms with Crippen LogP contribution in [-0.4, -0.2) is 90.4 Å². The zero-order valence-electron chi connectivity index (χ0n) is 8.64. The van der Waals surface area contributed by atoms with Gasteiger partial charge in [0.15, 0.2) is 0 Å². The zero-order valence-corrected chi connectivity index (χ0v) is 15.1. The molecular weight excluding hydrogens is 521 g/mol. The quantitative estimate of drug-likeness (QED) is 0.273. The fourth-order valence-corrected chi connectivity index (χ4v) is 12.5. The van der Waals surface area contributed by atoms with Crippen LogP contribution < -0.4 is 0 Å². The Kier molecular flexibility index (Phi) is 10.8. The van der Waals surface area contributed by atoms with Gasteiger partial charge in [-0.3, -0.25) is 0 Å². The Morgan fingerprint density at radius 3 is 1.25 bits per heavy atom. The van der Waals surface area contributed by atoms with Crippen LogP contribution in [0.5, 0.6) is 0 Å². The Bertz CT molecular complexity index is 180. The van der Waals surface area contributed by atoms with E-state index in [0.717, 1.165) is 0 Å². The van der Waals surface area contributed by atoms with Gasteiger partial charge in [0, 0.05) is 0 Å². The third-order valence-corrected chi connectivity index (χ3v) is 12.3. The van der Waals surface area contributed by atoms with Crippen molar-refractivity contribution in [3.63, 3.8) is 0 Å². The second-order valence-electron chi connectivity index (χ2n) is 3.55. The predicted molar refractivity (Wildman–Crippen MR) is 117 cm³/mol. The fourth-order valence-electron chi connectivity index (χ4n) is 1.37. The summed E-state index contributed by atoms with van der Waals surface area (Å²) >= 11 is 3.32. The first kappa shape index (κ1) is 19.0. The van der Waals surface area contributed by atoms with Crippen molar-refractivity contribution in [2.75, 3.05) is 0 Å². The van der Waals surface area contributed by atoms with Crippen LogP contribution >= 0.6 is 48.9 Å². The zero-order chi connectivity index (χ0) is 13.0. The summed E-state index contributed by atoms with van der Waals surface area (Å²) < 4.78 is 0.0189. The van der Waals surface area contributed by atoms with Crippen LogP contribution in [0.1, 0.15) is 0 Å². The minimum absolute atomic E-state index is 0.0189. The van der Waals surface area contributed by atoms with Gasteiger partial charge >= 0.3 is 139 Å². The number of hydrogen-bond acceptors (Lipinski definition) is 0. The molecule has 0 nitrogen and oxygen atoms in total. The molecule has 0 aliphatic carbocycles. The van der Waals surface area contributed by atoms with Crippen molar-refractivity contribution in [3.05, 3.63) is 0 Å². The molecule has 0 aliphatic heterocycles. The van der Waals surface area contributed by atoms with Crippen molar-refractivity contribution in [3.8, 4) is 0 Å².